The summed E-state index contributed by atoms with van der Waals surface area (Å²) < 4.78 is 6.61. The highest BCUT2D eigenvalue weighted by molar-refractivity contribution is 7.80. The highest BCUT2D eigenvalue weighted by Crippen LogP contribution is 2.33. The number of benzene rings is 2. The molecular weight excluding hydrogens is 302 g/mol. The van der Waals surface area contributed by atoms with Crippen LogP contribution in [0.3, 0.4) is 0 Å². The summed E-state index contributed by atoms with van der Waals surface area (Å²) in [5.41, 5.74) is 1.85. The Labute approximate surface area is 132 Å². The largest absolute Gasteiger partial charge is 0.508 e. The first kappa shape index (κ1) is 14.3. The molecular formula is C15H13N3O3S. The van der Waals surface area contributed by atoms with Crippen LogP contribution < -0.4 is 4.74 Å². The number of ether oxygens (including phenoxy) is 1. The van der Waals surface area contributed by atoms with E-state index in [2.05, 4.69) is 22.9 Å². The first-order chi connectivity index (χ1) is 10.6. The fraction of sp³-hybridized carbons (Fsp3) is 0.0667. The number of phenolic OH excluding ortho intramolecular Hbond substituents is 2. The van der Waals surface area contributed by atoms with Crippen LogP contribution in [0.2, 0.25) is 0 Å². The van der Waals surface area contributed by atoms with E-state index in [-0.39, 0.29) is 11.5 Å². The smallest absolute Gasteiger partial charge is 0.145 e. The molecule has 0 radical (unpaired) electrons. The lowest BCUT2D eigenvalue weighted by atomic mass is 10.1. The molecule has 1 aromatic heterocycles. The van der Waals surface area contributed by atoms with E-state index < -0.39 is 0 Å². The van der Waals surface area contributed by atoms with Gasteiger partial charge in [-0.25, -0.2) is 4.68 Å². The molecule has 0 atom stereocenters. The van der Waals surface area contributed by atoms with Gasteiger partial charge in [0, 0.05) is 11.6 Å². The Kier molecular flexibility index (Phi) is 3.64. The van der Waals surface area contributed by atoms with Crippen LogP contribution in [-0.4, -0.2) is 32.3 Å². The molecule has 0 bridgehead atoms. The molecule has 3 aromatic rings. The van der Waals surface area contributed by atoms with E-state index in [1.54, 1.807) is 13.2 Å². The molecule has 3 rings (SSSR count). The number of thiol groups is 1. The second kappa shape index (κ2) is 5.61. The van der Waals surface area contributed by atoms with Crippen molar-refractivity contribution in [3.05, 3.63) is 42.5 Å². The Balaban J connectivity index is 2.14. The van der Waals surface area contributed by atoms with Gasteiger partial charge in [-0.05, 0) is 36.4 Å². The van der Waals surface area contributed by atoms with Gasteiger partial charge in [0.2, 0.25) is 0 Å². The topological polar surface area (TPSA) is 80.4 Å². The van der Waals surface area contributed by atoms with Crippen molar-refractivity contribution in [2.75, 3.05) is 7.11 Å². The molecule has 112 valence electrons. The molecule has 0 amide bonds. The van der Waals surface area contributed by atoms with Crippen molar-refractivity contribution in [1.29, 1.82) is 0 Å². The predicted octanol–water partition coefficient (Wildman–Crippen LogP) is 2.64. The summed E-state index contributed by atoms with van der Waals surface area (Å²) in [5.74, 6) is 0.599. The number of nitrogens with zero attached hydrogens (tertiary/aromatic N) is 3. The van der Waals surface area contributed by atoms with E-state index in [1.165, 1.54) is 16.8 Å². The first-order valence-corrected chi connectivity index (χ1v) is 6.86. The summed E-state index contributed by atoms with van der Waals surface area (Å²) in [6.07, 6.45) is 0. The first-order valence-electron chi connectivity index (χ1n) is 6.41. The Morgan fingerprint density at radius 1 is 1.09 bits per heavy atom. The number of aromatic nitrogens is 3. The molecule has 0 saturated heterocycles. The zero-order valence-corrected chi connectivity index (χ0v) is 12.5. The predicted molar refractivity (Wildman–Crippen MR) is 83.9 cm³/mol. The molecule has 0 aliphatic heterocycles. The van der Waals surface area contributed by atoms with Crippen molar-refractivity contribution in [2.24, 2.45) is 0 Å². The third kappa shape index (κ3) is 2.46. The molecule has 0 fully saturated rings. The minimum Gasteiger partial charge on any atom is -0.508 e. The van der Waals surface area contributed by atoms with Gasteiger partial charge in [-0.1, -0.05) is 5.21 Å². The molecule has 2 N–H and O–H groups in total. The lowest BCUT2D eigenvalue weighted by molar-refractivity contribution is 0.415. The molecule has 0 aliphatic rings. The monoisotopic (exact) mass is 315 g/mol. The summed E-state index contributed by atoms with van der Waals surface area (Å²) in [7, 11) is 1.60. The van der Waals surface area contributed by atoms with Gasteiger partial charge < -0.3 is 14.9 Å². The van der Waals surface area contributed by atoms with Crippen LogP contribution in [0.5, 0.6) is 17.2 Å². The summed E-state index contributed by atoms with van der Waals surface area (Å²) in [6, 6.07) is 11.6. The Morgan fingerprint density at radius 2 is 1.82 bits per heavy atom. The third-order valence-corrected chi connectivity index (χ3v) is 3.50. The van der Waals surface area contributed by atoms with Crippen molar-refractivity contribution in [3.8, 4) is 34.2 Å². The number of hydrogen-bond acceptors (Lipinski definition) is 6. The quantitative estimate of drug-likeness (QED) is 0.647. The van der Waals surface area contributed by atoms with Crippen LogP contribution in [0.1, 0.15) is 0 Å². The lowest BCUT2D eigenvalue weighted by Crippen LogP contribution is -2.00. The van der Waals surface area contributed by atoms with Gasteiger partial charge in [-0.2, -0.15) is 0 Å². The van der Waals surface area contributed by atoms with Crippen molar-refractivity contribution in [1.82, 2.24) is 15.0 Å². The van der Waals surface area contributed by atoms with E-state index in [0.29, 0.717) is 16.4 Å². The minimum atomic E-state index is -0.104. The standard InChI is InChI=1S/C15H13N3O3S/c1-21-11-5-2-9(3-6-11)14-15(22)16-17-18(14)12-7-4-10(19)8-13(12)20/h2-8,19-20,22H,1H3. The van der Waals surface area contributed by atoms with E-state index in [9.17, 15) is 10.2 Å². The Morgan fingerprint density at radius 3 is 2.45 bits per heavy atom. The Bertz CT molecular complexity index is 815. The molecule has 2 aromatic carbocycles. The summed E-state index contributed by atoms with van der Waals surface area (Å²) in [5, 5.41) is 27.8. The maximum atomic E-state index is 10.0. The minimum absolute atomic E-state index is 0.0292. The van der Waals surface area contributed by atoms with Gasteiger partial charge in [-0.15, -0.1) is 17.7 Å². The normalized spacial score (nSPS) is 10.6. The second-order valence-corrected chi connectivity index (χ2v) is 5.00. The summed E-state index contributed by atoms with van der Waals surface area (Å²) in [6.45, 7) is 0. The number of methoxy groups -OCH3 is 1. The van der Waals surface area contributed by atoms with Crippen LogP contribution in [0, 0.1) is 0 Å². The average molecular weight is 315 g/mol. The van der Waals surface area contributed by atoms with Gasteiger partial charge in [0.05, 0.1) is 7.11 Å². The second-order valence-electron chi connectivity index (χ2n) is 4.57. The van der Waals surface area contributed by atoms with Crippen LogP contribution in [0.4, 0.5) is 0 Å². The van der Waals surface area contributed by atoms with Gasteiger partial charge in [0.15, 0.2) is 0 Å². The Hall–Kier alpha value is -2.67. The lowest BCUT2D eigenvalue weighted by Gasteiger charge is -2.09. The fourth-order valence-electron chi connectivity index (χ4n) is 2.13. The molecule has 22 heavy (non-hydrogen) atoms. The van der Waals surface area contributed by atoms with Crippen LogP contribution >= 0.6 is 12.6 Å². The number of phenols is 2. The molecule has 6 nitrogen and oxygen atoms in total. The number of aromatic hydroxyl groups is 2. The zero-order chi connectivity index (χ0) is 15.7. The highest BCUT2D eigenvalue weighted by Gasteiger charge is 2.16. The summed E-state index contributed by atoms with van der Waals surface area (Å²) in [4.78, 5) is 0. The van der Waals surface area contributed by atoms with E-state index in [4.69, 9.17) is 4.74 Å². The maximum Gasteiger partial charge on any atom is 0.145 e. The molecule has 0 spiro atoms. The van der Waals surface area contributed by atoms with Crippen LogP contribution in [0.15, 0.2) is 47.5 Å². The molecule has 0 saturated carbocycles. The number of rotatable bonds is 3. The highest BCUT2D eigenvalue weighted by atomic mass is 32.1. The van der Waals surface area contributed by atoms with Gasteiger partial charge in [0.25, 0.3) is 0 Å². The van der Waals surface area contributed by atoms with Gasteiger partial charge >= 0.3 is 0 Å². The van der Waals surface area contributed by atoms with Crippen molar-refractivity contribution >= 4 is 12.6 Å². The molecule has 7 heteroatoms. The van der Waals surface area contributed by atoms with Crippen molar-refractivity contribution in [2.45, 2.75) is 5.03 Å². The third-order valence-electron chi connectivity index (χ3n) is 3.20. The number of hydrogen-bond donors (Lipinski definition) is 3. The molecule has 1 heterocycles. The van der Waals surface area contributed by atoms with Crippen molar-refractivity contribution < 1.29 is 14.9 Å². The summed E-state index contributed by atoms with van der Waals surface area (Å²) >= 11 is 4.33. The maximum absolute atomic E-state index is 10.0. The van der Waals surface area contributed by atoms with Gasteiger partial charge in [-0.3, -0.25) is 0 Å². The van der Waals surface area contributed by atoms with E-state index >= 15 is 0 Å². The van der Waals surface area contributed by atoms with Crippen molar-refractivity contribution in [3.63, 3.8) is 0 Å². The van der Waals surface area contributed by atoms with E-state index in [0.717, 1.165) is 11.3 Å². The average Bonchev–Trinajstić information content (AvgIpc) is 2.89. The SMILES string of the molecule is COc1ccc(-c2c(S)nnn2-c2ccc(O)cc2O)cc1. The van der Waals surface area contributed by atoms with Gasteiger partial charge in [0.1, 0.15) is 33.7 Å². The van der Waals surface area contributed by atoms with E-state index in [1.807, 2.05) is 24.3 Å². The fourth-order valence-corrected chi connectivity index (χ4v) is 2.40. The molecule has 0 unspecified atom stereocenters. The zero-order valence-electron chi connectivity index (χ0n) is 11.6. The van der Waals surface area contributed by atoms with Crippen LogP contribution in [0.25, 0.3) is 16.9 Å². The molecule has 0 aliphatic carbocycles. The van der Waals surface area contributed by atoms with Crippen LogP contribution in [-0.2, 0) is 0 Å².